The Kier molecular flexibility index (Phi) is 5.61. The van der Waals surface area contributed by atoms with E-state index in [9.17, 15) is 4.79 Å². The molecule has 0 aliphatic heterocycles. The first-order chi connectivity index (χ1) is 12.5. The molecule has 0 saturated heterocycles. The third-order valence-electron chi connectivity index (χ3n) is 4.30. The zero-order valence-corrected chi connectivity index (χ0v) is 16.6. The normalized spacial score (nSPS) is 11.3. The molecule has 0 fully saturated rings. The van der Waals surface area contributed by atoms with Gasteiger partial charge in [0.25, 0.3) is 5.91 Å². The van der Waals surface area contributed by atoms with Crippen molar-refractivity contribution < 1.29 is 4.79 Å². The number of fused-ring (bicyclic) bond motifs is 1. The van der Waals surface area contributed by atoms with Gasteiger partial charge in [-0.15, -0.1) is 11.3 Å². The monoisotopic (exact) mass is 370 g/mol. The third-order valence-corrected chi connectivity index (χ3v) is 5.45. The van der Waals surface area contributed by atoms with Gasteiger partial charge in [0, 0.05) is 37.8 Å². The molecular weight excluding hydrogens is 344 g/mol. The largest absolute Gasteiger partial charge is 0.373 e. The number of nitrogens with one attached hydrogen (secondary N) is 1. The minimum Gasteiger partial charge on any atom is -0.373 e. The number of hydrogen-bond acceptors (Lipinski definition) is 4. The molecule has 0 radical (unpaired) electrons. The van der Waals surface area contributed by atoms with Crippen molar-refractivity contribution in [1.82, 2.24) is 15.1 Å². The van der Waals surface area contributed by atoms with Crippen LogP contribution in [0.3, 0.4) is 0 Å². The molecule has 1 amide bonds. The maximum Gasteiger partial charge on any atom is 0.261 e. The highest BCUT2D eigenvalue weighted by atomic mass is 32.1. The number of amides is 1. The smallest absolute Gasteiger partial charge is 0.261 e. The minimum atomic E-state index is -0.0110. The van der Waals surface area contributed by atoms with Crippen LogP contribution in [0.4, 0.5) is 5.69 Å². The SMILES string of the molecule is Cc1nn(CC(C)C)c2sc(C(=O)NCCN(C)c3ccccc3)cc12. The van der Waals surface area contributed by atoms with Gasteiger partial charge in [0.15, 0.2) is 0 Å². The van der Waals surface area contributed by atoms with Gasteiger partial charge >= 0.3 is 0 Å². The summed E-state index contributed by atoms with van der Waals surface area (Å²) < 4.78 is 2.03. The van der Waals surface area contributed by atoms with Gasteiger partial charge in [0.05, 0.1) is 10.6 Å². The molecule has 0 aliphatic carbocycles. The lowest BCUT2D eigenvalue weighted by atomic mass is 10.2. The van der Waals surface area contributed by atoms with E-state index >= 15 is 0 Å². The van der Waals surface area contributed by atoms with Gasteiger partial charge < -0.3 is 10.2 Å². The fraction of sp³-hybridized carbons (Fsp3) is 0.400. The van der Waals surface area contributed by atoms with E-state index in [1.165, 1.54) is 11.3 Å². The molecule has 2 aromatic heterocycles. The van der Waals surface area contributed by atoms with Gasteiger partial charge in [-0.3, -0.25) is 9.48 Å². The van der Waals surface area contributed by atoms with Crippen molar-refractivity contribution in [3.8, 4) is 0 Å². The number of carbonyl (C=O) groups is 1. The van der Waals surface area contributed by atoms with E-state index in [-0.39, 0.29) is 5.91 Å². The Morgan fingerprint density at radius 1 is 1.31 bits per heavy atom. The second-order valence-electron chi connectivity index (χ2n) is 7.00. The molecule has 26 heavy (non-hydrogen) atoms. The van der Waals surface area contributed by atoms with Crippen LogP contribution >= 0.6 is 11.3 Å². The molecule has 0 bridgehead atoms. The molecule has 1 N–H and O–H groups in total. The van der Waals surface area contributed by atoms with Crippen molar-refractivity contribution in [3.05, 3.63) is 47.0 Å². The van der Waals surface area contributed by atoms with Crippen LogP contribution in [-0.4, -0.2) is 35.8 Å². The van der Waals surface area contributed by atoms with Crippen LogP contribution in [0.2, 0.25) is 0 Å². The molecule has 0 saturated carbocycles. The first kappa shape index (κ1) is 18.5. The number of aromatic nitrogens is 2. The van der Waals surface area contributed by atoms with Crippen LogP contribution in [0.5, 0.6) is 0 Å². The first-order valence-electron chi connectivity index (χ1n) is 8.97. The number of anilines is 1. The Balaban J connectivity index is 1.63. The molecule has 0 spiro atoms. The molecule has 1 aromatic carbocycles. The van der Waals surface area contributed by atoms with E-state index in [0.29, 0.717) is 12.5 Å². The van der Waals surface area contributed by atoms with E-state index in [0.717, 1.165) is 39.6 Å². The Morgan fingerprint density at radius 2 is 2.04 bits per heavy atom. The average molecular weight is 371 g/mol. The van der Waals surface area contributed by atoms with Crippen molar-refractivity contribution in [1.29, 1.82) is 0 Å². The minimum absolute atomic E-state index is 0.0110. The van der Waals surface area contributed by atoms with Gasteiger partial charge in [0.2, 0.25) is 0 Å². The van der Waals surface area contributed by atoms with Gasteiger partial charge in [-0.2, -0.15) is 5.10 Å². The number of rotatable bonds is 7. The van der Waals surface area contributed by atoms with Gasteiger partial charge in [-0.05, 0) is 31.0 Å². The van der Waals surface area contributed by atoms with Crippen molar-refractivity contribution >= 4 is 33.1 Å². The summed E-state index contributed by atoms with van der Waals surface area (Å²) >= 11 is 1.52. The molecule has 6 heteroatoms. The summed E-state index contributed by atoms with van der Waals surface area (Å²) in [4.78, 5) is 16.5. The summed E-state index contributed by atoms with van der Waals surface area (Å²) in [6, 6.07) is 12.1. The highest BCUT2D eigenvalue weighted by Crippen LogP contribution is 2.28. The second kappa shape index (κ2) is 7.91. The Labute approximate surface area is 158 Å². The van der Waals surface area contributed by atoms with Crippen molar-refractivity contribution in [2.75, 3.05) is 25.0 Å². The fourth-order valence-corrected chi connectivity index (χ4v) is 4.02. The summed E-state index contributed by atoms with van der Waals surface area (Å²) in [7, 11) is 2.03. The Hall–Kier alpha value is -2.34. The first-order valence-corrected chi connectivity index (χ1v) is 9.78. The summed E-state index contributed by atoms with van der Waals surface area (Å²) in [5, 5.41) is 8.71. The maximum absolute atomic E-state index is 12.5. The second-order valence-corrected chi connectivity index (χ2v) is 8.03. The standard InChI is InChI=1S/C20H26N4OS/c1-14(2)13-24-20-17(15(3)22-24)12-18(26-20)19(25)21-10-11-23(4)16-8-6-5-7-9-16/h5-9,12,14H,10-11,13H2,1-4H3,(H,21,25). The summed E-state index contributed by atoms with van der Waals surface area (Å²) in [6.07, 6.45) is 0. The van der Waals surface area contributed by atoms with E-state index in [4.69, 9.17) is 0 Å². The highest BCUT2D eigenvalue weighted by molar-refractivity contribution is 7.20. The zero-order valence-electron chi connectivity index (χ0n) is 15.8. The van der Waals surface area contributed by atoms with E-state index in [1.54, 1.807) is 0 Å². The lowest BCUT2D eigenvalue weighted by Crippen LogP contribution is -2.32. The number of benzene rings is 1. The van der Waals surface area contributed by atoms with Crippen LogP contribution < -0.4 is 10.2 Å². The molecule has 138 valence electrons. The highest BCUT2D eigenvalue weighted by Gasteiger charge is 2.16. The summed E-state index contributed by atoms with van der Waals surface area (Å²) in [5.41, 5.74) is 2.13. The number of thiophene rings is 1. The van der Waals surface area contributed by atoms with E-state index in [2.05, 4.69) is 41.3 Å². The van der Waals surface area contributed by atoms with Gasteiger partial charge in [-0.1, -0.05) is 32.0 Å². The average Bonchev–Trinajstić information content (AvgIpc) is 3.17. The molecule has 2 heterocycles. The van der Waals surface area contributed by atoms with Crippen LogP contribution in [-0.2, 0) is 6.54 Å². The van der Waals surface area contributed by atoms with Crippen LogP contribution in [0, 0.1) is 12.8 Å². The molecule has 3 aromatic rings. The van der Waals surface area contributed by atoms with Gasteiger partial charge in [0.1, 0.15) is 4.83 Å². The quantitative estimate of drug-likeness (QED) is 0.686. The molecule has 0 aliphatic rings. The number of hydrogen-bond donors (Lipinski definition) is 1. The molecular formula is C20H26N4OS. The Bertz CT molecular complexity index is 882. The molecule has 3 rings (SSSR count). The lowest BCUT2D eigenvalue weighted by Gasteiger charge is -2.19. The molecule has 0 atom stereocenters. The fourth-order valence-electron chi connectivity index (χ4n) is 2.93. The maximum atomic E-state index is 12.5. The zero-order chi connectivity index (χ0) is 18.7. The Morgan fingerprint density at radius 3 is 2.73 bits per heavy atom. The van der Waals surface area contributed by atoms with Gasteiger partial charge in [-0.25, -0.2) is 0 Å². The topological polar surface area (TPSA) is 50.2 Å². The number of likely N-dealkylation sites (N-methyl/N-ethyl adjacent to an activating group) is 1. The van der Waals surface area contributed by atoms with Crippen molar-refractivity contribution in [3.63, 3.8) is 0 Å². The number of aryl methyl sites for hydroxylation is 1. The van der Waals surface area contributed by atoms with Crippen LogP contribution in [0.25, 0.3) is 10.2 Å². The number of carbonyl (C=O) groups excluding carboxylic acids is 1. The number of para-hydroxylation sites is 1. The van der Waals surface area contributed by atoms with E-state index < -0.39 is 0 Å². The lowest BCUT2D eigenvalue weighted by molar-refractivity contribution is 0.0959. The predicted octanol–water partition coefficient (Wildman–Crippen LogP) is 3.93. The van der Waals surface area contributed by atoms with Crippen LogP contribution in [0.1, 0.15) is 29.2 Å². The predicted molar refractivity (Wildman–Crippen MR) is 109 cm³/mol. The van der Waals surface area contributed by atoms with Crippen molar-refractivity contribution in [2.45, 2.75) is 27.3 Å². The number of nitrogens with zero attached hydrogens (tertiary/aromatic N) is 3. The van der Waals surface area contributed by atoms with Crippen LogP contribution in [0.15, 0.2) is 36.4 Å². The van der Waals surface area contributed by atoms with Crippen molar-refractivity contribution in [2.24, 2.45) is 5.92 Å². The third kappa shape index (κ3) is 4.07. The summed E-state index contributed by atoms with van der Waals surface area (Å²) in [5.74, 6) is 0.508. The molecule has 0 unspecified atom stereocenters. The summed E-state index contributed by atoms with van der Waals surface area (Å²) in [6.45, 7) is 8.59. The molecule has 5 nitrogen and oxygen atoms in total. The van der Waals surface area contributed by atoms with E-state index in [1.807, 2.05) is 42.9 Å².